The third kappa shape index (κ3) is 3.97. The van der Waals surface area contributed by atoms with E-state index in [9.17, 15) is 9.59 Å². The van der Waals surface area contributed by atoms with Crippen molar-refractivity contribution < 1.29 is 9.59 Å². The normalized spacial score (nSPS) is 20.2. The van der Waals surface area contributed by atoms with Crippen LogP contribution >= 0.6 is 11.3 Å². The zero-order chi connectivity index (χ0) is 17.3. The molecule has 24 heavy (non-hydrogen) atoms. The molecule has 1 aromatic heterocycles. The summed E-state index contributed by atoms with van der Waals surface area (Å²) in [6.45, 7) is 7.24. The lowest BCUT2D eigenvalue weighted by molar-refractivity contribution is -0.138. The van der Waals surface area contributed by atoms with Crippen LogP contribution in [0.5, 0.6) is 0 Å². The molecule has 0 radical (unpaired) electrons. The highest BCUT2D eigenvalue weighted by molar-refractivity contribution is 7.09. The summed E-state index contributed by atoms with van der Waals surface area (Å²) in [6.07, 6.45) is 3.87. The Hall–Kier alpha value is -1.43. The van der Waals surface area contributed by atoms with E-state index in [4.69, 9.17) is 0 Å². The number of amides is 2. The first-order chi connectivity index (χ1) is 11.5. The fraction of sp³-hybridized carbons (Fsp3) is 0.722. The molecule has 1 N–H and O–H groups in total. The Bertz CT molecular complexity index is 601. The minimum absolute atomic E-state index is 0.0171. The molecular formula is C18H27N3O2S. The Kier molecular flexibility index (Phi) is 5.23. The highest BCUT2D eigenvalue weighted by atomic mass is 32.1. The van der Waals surface area contributed by atoms with Gasteiger partial charge in [-0.2, -0.15) is 0 Å². The molecule has 132 valence electrons. The van der Waals surface area contributed by atoms with Crippen LogP contribution in [-0.4, -0.2) is 34.8 Å². The van der Waals surface area contributed by atoms with Crippen molar-refractivity contribution in [3.8, 4) is 0 Å². The van der Waals surface area contributed by atoms with E-state index in [0.717, 1.165) is 23.5 Å². The maximum Gasteiger partial charge on any atom is 0.225 e. The molecule has 1 saturated carbocycles. The fourth-order valence-corrected chi connectivity index (χ4v) is 4.26. The number of rotatable bonds is 5. The van der Waals surface area contributed by atoms with E-state index in [1.807, 2.05) is 31.1 Å². The molecule has 1 atom stereocenters. The van der Waals surface area contributed by atoms with Gasteiger partial charge in [-0.05, 0) is 38.5 Å². The number of thiazole rings is 1. The lowest BCUT2D eigenvalue weighted by Gasteiger charge is -2.33. The van der Waals surface area contributed by atoms with Gasteiger partial charge in [0, 0.05) is 36.0 Å². The highest BCUT2D eigenvalue weighted by Gasteiger charge is 2.37. The summed E-state index contributed by atoms with van der Waals surface area (Å²) in [6, 6.07) is 0.0755. The quantitative estimate of drug-likeness (QED) is 0.889. The molecule has 1 aliphatic carbocycles. The smallest absolute Gasteiger partial charge is 0.225 e. The van der Waals surface area contributed by atoms with Crippen molar-refractivity contribution in [2.24, 2.45) is 17.8 Å². The van der Waals surface area contributed by atoms with Gasteiger partial charge in [-0.3, -0.25) is 9.59 Å². The predicted octanol–water partition coefficient (Wildman–Crippen LogP) is 2.91. The first kappa shape index (κ1) is 17.4. The number of aromatic nitrogens is 1. The van der Waals surface area contributed by atoms with Crippen LogP contribution in [0.4, 0.5) is 0 Å². The van der Waals surface area contributed by atoms with E-state index < -0.39 is 0 Å². The molecule has 5 nitrogen and oxygen atoms in total. The molecule has 0 spiro atoms. The van der Waals surface area contributed by atoms with Crippen LogP contribution in [0.25, 0.3) is 0 Å². The third-order valence-electron chi connectivity index (χ3n) is 4.97. The van der Waals surface area contributed by atoms with E-state index >= 15 is 0 Å². The van der Waals surface area contributed by atoms with Crippen molar-refractivity contribution in [1.29, 1.82) is 0 Å². The molecule has 6 heteroatoms. The summed E-state index contributed by atoms with van der Waals surface area (Å²) in [5, 5.41) is 6.34. The average Bonchev–Trinajstić information content (AvgIpc) is 3.32. The number of hydrogen-bond donors (Lipinski definition) is 1. The summed E-state index contributed by atoms with van der Waals surface area (Å²) in [5.41, 5.74) is 1.02. The molecule has 1 aliphatic heterocycles. The number of carbonyl (C=O) groups is 2. The Labute approximate surface area is 147 Å². The Morgan fingerprint density at radius 3 is 2.42 bits per heavy atom. The Morgan fingerprint density at radius 2 is 1.92 bits per heavy atom. The van der Waals surface area contributed by atoms with Crippen molar-refractivity contribution >= 4 is 23.2 Å². The topological polar surface area (TPSA) is 62.3 Å². The van der Waals surface area contributed by atoms with Gasteiger partial charge in [-0.1, -0.05) is 13.8 Å². The van der Waals surface area contributed by atoms with Crippen LogP contribution < -0.4 is 5.32 Å². The van der Waals surface area contributed by atoms with Gasteiger partial charge in [0.2, 0.25) is 11.8 Å². The second-order valence-corrected chi connectivity index (χ2v) is 8.29. The van der Waals surface area contributed by atoms with Crippen molar-refractivity contribution in [1.82, 2.24) is 15.2 Å². The maximum absolute atomic E-state index is 12.7. The van der Waals surface area contributed by atoms with E-state index in [1.165, 1.54) is 12.8 Å². The van der Waals surface area contributed by atoms with Gasteiger partial charge >= 0.3 is 0 Å². The van der Waals surface area contributed by atoms with Gasteiger partial charge < -0.3 is 10.2 Å². The molecule has 0 bridgehead atoms. The van der Waals surface area contributed by atoms with Crippen molar-refractivity contribution in [3.05, 3.63) is 16.1 Å². The zero-order valence-corrected chi connectivity index (χ0v) is 15.6. The number of nitrogens with zero attached hydrogens (tertiary/aromatic N) is 2. The molecule has 2 aliphatic rings. The average molecular weight is 350 g/mol. The molecule has 1 aromatic rings. The minimum Gasteiger partial charge on any atom is -0.346 e. The number of piperidine rings is 1. The van der Waals surface area contributed by atoms with Crippen molar-refractivity contribution in [2.45, 2.75) is 52.5 Å². The number of hydrogen-bond acceptors (Lipinski definition) is 4. The largest absolute Gasteiger partial charge is 0.346 e. The minimum atomic E-state index is 0.0171. The number of aryl methyl sites for hydroxylation is 1. The number of likely N-dealkylation sites (tertiary alicyclic amines) is 1. The second kappa shape index (κ2) is 7.21. The molecule has 2 heterocycles. The van der Waals surface area contributed by atoms with Crippen LogP contribution in [0.1, 0.15) is 56.3 Å². The number of carbonyl (C=O) groups excluding carboxylic acids is 2. The molecule has 0 aromatic carbocycles. The summed E-state index contributed by atoms with van der Waals surface area (Å²) in [4.78, 5) is 31.2. The van der Waals surface area contributed by atoms with Crippen LogP contribution in [0.2, 0.25) is 0 Å². The molecule has 2 fully saturated rings. The van der Waals surface area contributed by atoms with Gasteiger partial charge in [-0.25, -0.2) is 4.98 Å². The monoisotopic (exact) mass is 349 g/mol. The summed E-state index contributed by atoms with van der Waals surface area (Å²) >= 11 is 1.64. The molecular weight excluding hydrogens is 322 g/mol. The van der Waals surface area contributed by atoms with Crippen LogP contribution in [0.15, 0.2) is 5.38 Å². The first-order valence-electron chi connectivity index (χ1n) is 8.97. The second-order valence-electron chi connectivity index (χ2n) is 7.41. The summed E-state index contributed by atoms with van der Waals surface area (Å²) < 4.78 is 0. The number of nitrogens with one attached hydrogen (secondary N) is 1. The predicted molar refractivity (Wildman–Crippen MR) is 94.6 cm³/mol. The van der Waals surface area contributed by atoms with Crippen LogP contribution in [-0.2, 0) is 9.59 Å². The lowest BCUT2D eigenvalue weighted by Crippen LogP contribution is -2.45. The molecule has 3 rings (SSSR count). The van der Waals surface area contributed by atoms with Gasteiger partial charge in [0.15, 0.2) is 0 Å². The maximum atomic E-state index is 12.7. The van der Waals surface area contributed by atoms with Crippen LogP contribution in [0, 0.1) is 24.7 Å². The standard InChI is InChI=1S/C18H27N3O2S/c1-11(2)18(23)21-8-6-14(7-9-21)16(22)20-15(13-4-5-13)17-19-12(3)10-24-17/h10-11,13-15H,4-9H2,1-3H3,(H,20,22). The zero-order valence-electron chi connectivity index (χ0n) is 14.7. The molecule has 2 amide bonds. The van der Waals surface area contributed by atoms with E-state index in [1.54, 1.807) is 11.3 Å². The SMILES string of the molecule is Cc1csc(C(NC(=O)C2CCN(C(=O)C(C)C)CC2)C2CC2)n1. The molecule has 1 saturated heterocycles. The van der Waals surface area contributed by atoms with Gasteiger partial charge in [0.1, 0.15) is 5.01 Å². The Morgan fingerprint density at radius 1 is 1.25 bits per heavy atom. The lowest BCUT2D eigenvalue weighted by atomic mass is 9.94. The Balaban J connectivity index is 1.56. The highest BCUT2D eigenvalue weighted by Crippen LogP contribution is 2.42. The van der Waals surface area contributed by atoms with Gasteiger partial charge in [0.05, 0.1) is 6.04 Å². The van der Waals surface area contributed by atoms with Gasteiger partial charge in [-0.15, -0.1) is 11.3 Å². The van der Waals surface area contributed by atoms with Crippen molar-refractivity contribution in [2.75, 3.05) is 13.1 Å². The third-order valence-corrected chi connectivity index (χ3v) is 6.01. The van der Waals surface area contributed by atoms with E-state index in [-0.39, 0.29) is 29.7 Å². The first-order valence-corrected chi connectivity index (χ1v) is 9.85. The van der Waals surface area contributed by atoms with Crippen LogP contribution in [0.3, 0.4) is 0 Å². The summed E-state index contributed by atoms with van der Waals surface area (Å²) in [5.74, 6) is 0.924. The fourth-order valence-electron chi connectivity index (χ4n) is 3.32. The van der Waals surface area contributed by atoms with Gasteiger partial charge in [0.25, 0.3) is 0 Å². The van der Waals surface area contributed by atoms with E-state index in [2.05, 4.69) is 10.3 Å². The van der Waals surface area contributed by atoms with Crippen molar-refractivity contribution in [3.63, 3.8) is 0 Å². The van der Waals surface area contributed by atoms with E-state index in [0.29, 0.717) is 19.0 Å². The molecule has 1 unspecified atom stereocenters. The summed E-state index contributed by atoms with van der Waals surface area (Å²) in [7, 11) is 0.